The highest BCUT2D eigenvalue weighted by Crippen LogP contribution is 2.31. The molecule has 2 rings (SSSR count). The van der Waals surface area contributed by atoms with Crippen LogP contribution in [0.3, 0.4) is 0 Å². The fourth-order valence-corrected chi connectivity index (χ4v) is 2.79. The van der Waals surface area contributed by atoms with E-state index >= 15 is 0 Å². The summed E-state index contributed by atoms with van der Waals surface area (Å²) in [6.45, 7) is 7.31. The van der Waals surface area contributed by atoms with Gasteiger partial charge in [0.1, 0.15) is 5.75 Å². The first kappa shape index (κ1) is 18.7. The number of nitrogens with zero attached hydrogens (tertiary/aromatic N) is 1. The average Bonchev–Trinajstić information content (AvgIpc) is 2.57. The summed E-state index contributed by atoms with van der Waals surface area (Å²) in [7, 11) is 0. The van der Waals surface area contributed by atoms with E-state index in [1.165, 1.54) is 12.1 Å². The fourth-order valence-electron chi connectivity index (χ4n) is 2.79. The SMILES string of the molecule is C=CCC[C@@H](c1ccc(OC(F)(F)C(F)F)cc1)N1CCNCC1. The summed E-state index contributed by atoms with van der Waals surface area (Å²) in [5, 5.41) is 3.29. The highest BCUT2D eigenvalue weighted by atomic mass is 19.3. The third-order valence-corrected chi connectivity index (χ3v) is 4.01. The summed E-state index contributed by atoms with van der Waals surface area (Å²) in [6.07, 6.45) is -4.82. The van der Waals surface area contributed by atoms with Gasteiger partial charge in [-0.1, -0.05) is 18.2 Å². The van der Waals surface area contributed by atoms with E-state index in [-0.39, 0.29) is 11.8 Å². The number of piperazine rings is 1. The number of hydrogen-bond donors (Lipinski definition) is 1. The third kappa shape index (κ3) is 4.95. The maximum absolute atomic E-state index is 13.0. The molecule has 0 bridgehead atoms. The zero-order chi connectivity index (χ0) is 17.6. The van der Waals surface area contributed by atoms with Crippen LogP contribution in [0.5, 0.6) is 5.75 Å². The Balaban J connectivity index is 2.10. The van der Waals surface area contributed by atoms with Crippen molar-refractivity contribution in [3.8, 4) is 5.75 Å². The Bertz CT molecular complexity index is 516. The van der Waals surface area contributed by atoms with Gasteiger partial charge in [-0.2, -0.15) is 17.6 Å². The number of hydrogen-bond acceptors (Lipinski definition) is 3. The predicted molar refractivity (Wildman–Crippen MR) is 84.6 cm³/mol. The van der Waals surface area contributed by atoms with Crippen LogP contribution in [0.4, 0.5) is 17.6 Å². The van der Waals surface area contributed by atoms with Gasteiger partial charge < -0.3 is 10.1 Å². The molecular formula is C17H22F4N2O. The molecular weight excluding hydrogens is 324 g/mol. The standard InChI is InChI=1S/C17H22F4N2O/c1-2-3-4-15(23-11-9-22-10-12-23)13-5-7-14(8-6-13)24-17(20,21)16(18)19/h2,5-8,15-16,22H,1,3-4,9-12H2/t15-/m0/s1. The van der Waals surface area contributed by atoms with Crippen molar-refractivity contribution in [1.82, 2.24) is 10.2 Å². The van der Waals surface area contributed by atoms with Crippen LogP contribution in [-0.2, 0) is 0 Å². The molecule has 0 aromatic heterocycles. The van der Waals surface area contributed by atoms with Gasteiger partial charge in [-0.3, -0.25) is 4.90 Å². The van der Waals surface area contributed by atoms with Crippen molar-refractivity contribution in [1.29, 1.82) is 0 Å². The first-order chi connectivity index (χ1) is 11.4. The lowest BCUT2D eigenvalue weighted by Gasteiger charge is -2.35. The van der Waals surface area contributed by atoms with Crippen LogP contribution in [0.15, 0.2) is 36.9 Å². The Morgan fingerprint density at radius 2 is 1.83 bits per heavy atom. The fraction of sp³-hybridized carbons (Fsp3) is 0.529. The molecule has 0 saturated carbocycles. The molecule has 1 heterocycles. The van der Waals surface area contributed by atoms with E-state index in [9.17, 15) is 17.6 Å². The number of rotatable bonds is 8. The number of ether oxygens (including phenoxy) is 1. The molecule has 3 nitrogen and oxygen atoms in total. The molecule has 1 saturated heterocycles. The minimum atomic E-state index is -4.48. The van der Waals surface area contributed by atoms with Crippen LogP contribution >= 0.6 is 0 Å². The molecule has 1 aromatic rings. The molecule has 24 heavy (non-hydrogen) atoms. The minimum Gasteiger partial charge on any atom is -0.428 e. The third-order valence-electron chi connectivity index (χ3n) is 4.01. The van der Waals surface area contributed by atoms with Gasteiger partial charge in [0.15, 0.2) is 0 Å². The van der Waals surface area contributed by atoms with Gasteiger partial charge in [-0.05, 0) is 30.5 Å². The molecule has 1 fully saturated rings. The Morgan fingerprint density at radius 1 is 1.21 bits per heavy atom. The van der Waals surface area contributed by atoms with Crippen molar-refractivity contribution in [3.63, 3.8) is 0 Å². The monoisotopic (exact) mass is 346 g/mol. The van der Waals surface area contributed by atoms with Gasteiger partial charge >= 0.3 is 12.5 Å². The maximum atomic E-state index is 13.0. The lowest BCUT2D eigenvalue weighted by atomic mass is 9.99. The second-order valence-corrected chi connectivity index (χ2v) is 5.70. The first-order valence-electron chi connectivity index (χ1n) is 7.94. The summed E-state index contributed by atoms with van der Waals surface area (Å²) in [5.41, 5.74) is 0.950. The van der Waals surface area contributed by atoms with Crippen molar-refractivity contribution in [2.45, 2.75) is 31.4 Å². The van der Waals surface area contributed by atoms with Crippen molar-refractivity contribution in [2.24, 2.45) is 0 Å². The van der Waals surface area contributed by atoms with Gasteiger partial charge in [0, 0.05) is 32.2 Å². The number of halogens is 4. The second-order valence-electron chi connectivity index (χ2n) is 5.70. The van der Waals surface area contributed by atoms with E-state index in [0.717, 1.165) is 44.6 Å². The van der Waals surface area contributed by atoms with E-state index < -0.39 is 12.5 Å². The van der Waals surface area contributed by atoms with Crippen LogP contribution < -0.4 is 10.1 Å². The smallest absolute Gasteiger partial charge is 0.428 e. The minimum absolute atomic E-state index is 0.134. The zero-order valence-electron chi connectivity index (χ0n) is 13.4. The summed E-state index contributed by atoms with van der Waals surface area (Å²) in [6, 6.07) is 6.08. The largest absolute Gasteiger partial charge is 0.461 e. The van der Waals surface area contributed by atoms with Crippen LogP contribution in [0.25, 0.3) is 0 Å². The molecule has 1 aromatic carbocycles. The molecule has 1 aliphatic rings. The number of nitrogens with one attached hydrogen (secondary N) is 1. The molecule has 0 spiro atoms. The summed E-state index contributed by atoms with van der Waals surface area (Å²) in [5.74, 6) is -0.271. The van der Waals surface area contributed by atoms with E-state index in [2.05, 4.69) is 21.5 Å². The Morgan fingerprint density at radius 3 is 2.38 bits per heavy atom. The quantitative estimate of drug-likeness (QED) is 0.572. The predicted octanol–water partition coefficient (Wildman–Crippen LogP) is 3.84. The van der Waals surface area contributed by atoms with Crippen molar-refractivity contribution >= 4 is 0 Å². The van der Waals surface area contributed by atoms with Gasteiger partial charge in [0.2, 0.25) is 0 Å². The molecule has 0 aliphatic carbocycles. The van der Waals surface area contributed by atoms with Crippen LogP contribution in [0.1, 0.15) is 24.4 Å². The molecule has 7 heteroatoms. The Labute approximate surface area is 139 Å². The van der Waals surface area contributed by atoms with Gasteiger partial charge in [-0.15, -0.1) is 6.58 Å². The lowest BCUT2D eigenvalue weighted by molar-refractivity contribution is -0.253. The summed E-state index contributed by atoms with van der Waals surface area (Å²) in [4.78, 5) is 2.32. The lowest BCUT2D eigenvalue weighted by Crippen LogP contribution is -2.45. The molecule has 1 atom stereocenters. The van der Waals surface area contributed by atoms with E-state index in [4.69, 9.17) is 0 Å². The average molecular weight is 346 g/mol. The highest BCUT2D eigenvalue weighted by Gasteiger charge is 2.43. The highest BCUT2D eigenvalue weighted by molar-refractivity contribution is 5.29. The molecule has 0 amide bonds. The second kappa shape index (κ2) is 8.48. The first-order valence-corrected chi connectivity index (χ1v) is 7.94. The van der Waals surface area contributed by atoms with Gasteiger partial charge in [0.25, 0.3) is 0 Å². The molecule has 1 N–H and O–H groups in total. The van der Waals surface area contributed by atoms with E-state index in [0.29, 0.717) is 0 Å². The molecule has 0 unspecified atom stereocenters. The Kier molecular flexibility index (Phi) is 6.62. The number of alkyl halides is 4. The number of allylic oxidation sites excluding steroid dienone is 1. The maximum Gasteiger partial charge on any atom is 0.461 e. The summed E-state index contributed by atoms with van der Waals surface area (Å²) < 4.78 is 54.4. The molecule has 1 aliphatic heterocycles. The van der Waals surface area contributed by atoms with Crippen molar-refractivity contribution in [3.05, 3.63) is 42.5 Å². The van der Waals surface area contributed by atoms with Crippen LogP contribution in [0, 0.1) is 0 Å². The van der Waals surface area contributed by atoms with Gasteiger partial charge in [0.05, 0.1) is 0 Å². The number of benzene rings is 1. The van der Waals surface area contributed by atoms with E-state index in [1.807, 2.05) is 6.08 Å². The topological polar surface area (TPSA) is 24.5 Å². The summed E-state index contributed by atoms with van der Waals surface area (Å²) >= 11 is 0. The molecule has 134 valence electrons. The van der Waals surface area contributed by atoms with Crippen LogP contribution in [-0.4, -0.2) is 43.6 Å². The normalized spacial score (nSPS) is 17.7. The van der Waals surface area contributed by atoms with Crippen molar-refractivity contribution < 1.29 is 22.3 Å². The van der Waals surface area contributed by atoms with Gasteiger partial charge in [-0.25, -0.2) is 0 Å². The van der Waals surface area contributed by atoms with Crippen LogP contribution in [0.2, 0.25) is 0 Å². The van der Waals surface area contributed by atoms with Crippen molar-refractivity contribution in [2.75, 3.05) is 26.2 Å². The molecule has 0 radical (unpaired) electrons. The zero-order valence-corrected chi connectivity index (χ0v) is 13.4. The van der Waals surface area contributed by atoms with E-state index in [1.54, 1.807) is 12.1 Å². The Hall–Kier alpha value is -1.60.